The molecule has 0 aromatic heterocycles. The first-order valence-electron chi connectivity index (χ1n) is 7.10. The summed E-state index contributed by atoms with van der Waals surface area (Å²) in [6.45, 7) is 5.25. The number of benzene rings is 1. The van der Waals surface area contributed by atoms with Crippen molar-refractivity contribution in [3.8, 4) is 0 Å². The van der Waals surface area contributed by atoms with E-state index in [1.165, 1.54) is 5.56 Å². The van der Waals surface area contributed by atoms with Gasteiger partial charge in [0.15, 0.2) is 0 Å². The molecule has 0 N–H and O–H groups in total. The topological polar surface area (TPSA) is 20.3 Å². The fraction of sp³-hybridized carbons (Fsp3) is 0.562. The van der Waals surface area contributed by atoms with E-state index in [0.717, 1.165) is 36.8 Å². The third-order valence-electron chi connectivity index (χ3n) is 4.47. The van der Waals surface area contributed by atoms with E-state index < -0.39 is 0 Å². The van der Waals surface area contributed by atoms with Crippen LogP contribution in [0, 0.1) is 5.41 Å². The molecule has 1 aromatic rings. The molecule has 0 bridgehead atoms. The first-order valence-corrected chi connectivity index (χ1v) is 8.22. The average Bonchev–Trinajstić information content (AvgIpc) is 2.47. The molecule has 0 saturated heterocycles. The SMILES string of the molecule is CCC(CC)(CBr)CN1C(=O)CCc2ccccc21. The van der Waals surface area contributed by atoms with E-state index in [4.69, 9.17) is 0 Å². The van der Waals surface area contributed by atoms with E-state index >= 15 is 0 Å². The largest absolute Gasteiger partial charge is 0.312 e. The molecule has 19 heavy (non-hydrogen) atoms. The highest BCUT2D eigenvalue weighted by Gasteiger charge is 2.33. The number of halogens is 1. The highest BCUT2D eigenvalue weighted by molar-refractivity contribution is 9.09. The van der Waals surface area contributed by atoms with Crippen molar-refractivity contribution >= 4 is 27.5 Å². The van der Waals surface area contributed by atoms with Gasteiger partial charge in [-0.15, -0.1) is 0 Å². The summed E-state index contributed by atoms with van der Waals surface area (Å²) in [6.07, 6.45) is 3.69. The second kappa shape index (κ2) is 6.08. The van der Waals surface area contributed by atoms with E-state index in [2.05, 4.69) is 48.0 Å². The lowest BCUT2D eigenvalue weighted by Crippen LogP contribution is -2.44. The maximum absolute atomic E-state index is 12.3. The standard InChI is InChI=1S/C16H22BrNO/c1-3-16(4-2,11-17)12-18-14-8-6-5-7-13(14)9-10-15(18)19/h5-8H,3-4,9-12H2,1-2H3. The molecule has 0 fully saturated rings. The predicted octanol–water partition coefficient (Wildman–Crippen LogP) is 4.17. The molecule has 1 amide bonds. The Morgan fingerprint density at radius 1 is 1.21 bits per heavy atom. The summed E-state index contributed by atoms with van der Waals surface area (Å²) >= 11 is 3.64. The van der Waals surface area contributed by atoms with Crippen LogP contribution in [-0.2, 0) is 11.2 Å². The first-order chi connectivity index (χ1) is 9.15. The molecule has 3 heteroatoms. The molecule has 0 spiro atoms. The highest BCUT2D eigenvalue weighted by atomic mass is 79.9. The Morgan fingerprint density at radius 2 is 1.89 bits per heavy atom. The first kappa shape index (κ1) is 14.6. The van der Waals surface area contributed by atoms with Crippen LogP contribution in [0.25, 0.3) is 0 Å². The fourth-order valence-electron chi connectivity index (χ4n) is 2.71. The molecule has 2 nitrogen and oxygen atoms in total. The zero-order valence-electron chi connectivity index (χ0n) is 11.8. The van der Waals surface area contributed by atoms with Crippen LogP contribution >= 0.6 is 15.9 Å². The predicted molar refractivity (Wildman–Crippen MR) is 83.9 cm³/mol. The van der Waals surface area contributed by atoms with Gasteiger partial charge in [0.05, 0.1) is 0 Å². The molecule has 1 aromatic carbocycles. The second-order valence-corrected chi connectivity index (χ2v) is 6.01. The van der Waals surface area contributed by atoms with Crippen LogP contribution in [0.3, 0.4) is 0 Å². The molecule has 1 aliphatic heterocycles. The van der Waals surface area contributed by atoms with E-state index in [1.807, 2.05) is 11.0 Å². The van der Waals surface area contributed by atoms with Crippen molar-refractivity contribution in [2.24, 2.45) is 5.41 Å². The van der Waals surface area contributed by atoms with Gasteiger partial charge in [0.25, 0.3) is 0 Å². The minimum atomic E-state index is 0.181. The van der Waals surface area contributed by atoms with E-state index in [1.54, 1.807) is 0 Å². The third kappa shape index (κ3) is 2.86. The number of anilines is 1. The highest BCUT2D eigenvalue weighted by Crippen LogP contribution is 2.35. The number of para-hydroxylation sites is 1. The van der Waals surface area contributed by atoms with Crippen molar-refractivity contribution in [2.75, 3.05) is 16.8 Å². The maximum Gasteiger partial charge on any atom is 0.227 e. The third-order valence-corrected chi connectivity index (χ3v) is 5.66. The Kier molecular flexibility index (Phi) is 4.67. The summed E-state index contributed by atoms with van der Waals surface area (Å²) in [5.41, 5.74) is 2.60. The number of aryl methyl sites for hydroxylation is 1. The zero-order valence-corrected chi connectivity index (χ0v) is 13.4. The number of fused-ring (bicyclic) bond motifs is 1. The van der Waals surface area contributed by atoms with Crippen LogP contribution in [0.5, 0.6) is 0 Å². The van der Waals surface area contributed by atoms with E-state index in [0.29, 0.717) is 6.42 Å². The maximum atomic E-state index is 12.3. The lowest BCUT2D eigenvalue weighted by atomic mass is 9.83. The van der Waals surface area contributed by atoms with E-state index in [9.17, 15) is 4.79 Å². The number of alkyl halides is 1. The summed E-state index contributed by atoms with van der Waals surface area (Å²) < 4.78 is 0. The Labute approximate surface area is 124 Å². The van der Waals surface area contributed by atoms with Crippen molar-refractivity contribution in [3.05, 3.63) is 29.8 Å². The molecule has 0 aliphatic carbocycles. The molecule has 1 heterocycles. The molecule has 0 saturated carbocycles. The lowest BCUT2D eigenvalue weighted by Gasteiger charge is -2.38. The zero-order chi connectivity index (χ0) is 13.9. The number of carbonyl (C=O) groups excluding carboxylic acids is 1. The molecule has 0 unspecified atom stereocenters. The fourth-order valence-corrected chi connectivity index (χ4v) is 3.68. The van der Waals surface area contributed by atoms with Gasteiger partial charge < -0.3 is 4.90 Å². The van der Waals surface area contributed by atoms with Gasteiger partial charge in [-0.25, -0.2) is 0 Å². The lowest BCUT2D eigenvalue weighted by molar-refractivity contribution is -0.119. The Bertz CT molecular complexity index is 446. The summed E-state index contributed by atoms with van der Waals surface area (Å²) in [7, 11) is 0. The van der Waals surface area contributed by atoms with Gasteiger partial charge in [0, 0.05) is 24.0 Å². The minimum Gasteiger partial charge on any atom is -0.312 e. The van der Waals surface area contributed by atoms with Gasteiger partial charge in [-0.1, -0.05) is 48.0 Å². The molecule has 1 aliphatic rings. The minimum absolute atomic E-state index is 0.181. The monoisotopic (exact) mass is 323 g/mol. The summed E-state index contributed by atoms with van der Waals surface area (Å²) in [4.78, 5) is 14.3. The quantitative estimate of drug-likeness (QED) is 0.745. The van der Waals surface area contributed by atoms with Gasteiger partial charge in [-0.2, -0.15) is 0 Å². The Morgan fingerprint density at radius 3 is 2.53 bits per heavy atom. The molecular formula is C16H22BrNO. The van der Waals surface area contributed by atoms with Gasteiger partial charge in [-0.05, 0) is 36.3 Å². The van der Waals surface area contributed by atoms with Gasteiger partial charge in [-0.3, -0.25) is 4.79 Å². The summed E-state index contributed by atoms with van der Waals surface area (Å²) in [5, 5.41) is 0.943. The molecule has 0 radical (unpaired) electrons. The van der Waals surface area contributed by atoms with Crippen molar-refractivity contribution < 1.29 is 4.79 Å². The Hall–Kier alpha value is -0.830. The van der Waals surface area contributed by atoms with Gasteiger partial charge >= 0.3 is 0 Å². The number of hydrogen-bond donors (Lipinski definition) is 0. The van der Waals surface area contributed by atoms with Crippen LogP contribution in [0.15, 0.2) is 24.3 Å². The summed E-state index contributed by atoms with van der Waals surface area (Å²) in [5.74, 6) is 0.269. The smallest absolute Gasteiger partial charge is 0.227 e. The van der Waals surface area contributed by atoms with E-state index in [-0.39, 0.29) is 11.3 Å². The van der Waals surface area contributed by atoms with Crippen molar-refractivity contribution in [1.29, 1.82) is 0 Å². The molecule has 0 atom stereocenters. The summed E-state index contributed by atoms with van der Waals surface area (Å²) in [6, 6.07) is 8.31. The van der Waals surface area contributed by atoms with Crippen molar-refractivity contribution in [2.45, 2.75) is 39.5 Å². The van der Waals surface area contributed by atoms with Crippen LogP contribution in [0.1, 0.15) is 38.7 Å². The van der Waals surface area contributed by atoms with Gasteiger partial charge in [0.2, 0.25) is 5.91 Å². The van der Waals surface area contributed by atoms with Crippen molar-refractivity contribution in [1.82, 2.24) is 0 Å². The number of rotatable bonds is 5. The molecule has 2 rings (SSSR count). The second-order valence-electron chi connectivity index (χ2n) is 5.45. The number of hydrogen-bond acceptors (Lipinski definition) is 1. The Balaban J connectivity index is 2.31. The van der Waals surface area contributed by atoms with Crippen LogP contribution in [0.4, 0.5) is 5.69 Å². The molecule has 104 valence electrons. The van der Waals surface area contributed by atoms with Gasteiger partial charge in [0.1, 0.15) is 0 Å². The van der Waals surface area contributed by atoms with Crippen LogP contribution in [0.2, 0.25) is 0 Å². The van der Waals surface area contributed by atoms with Crippen molar-refractivity contribution in [3.63, 3.8) is 0 Å². The van der Waals surface area contributed by atoms with Crippen LogP contribution < -0.4 is 4.90 Å². The number of amides is 1. The number of carbonyl (C=O) groups is 1. The normalized spacial score (nSPS) is 15.5. The average molecular weight is 324 g/mol. The van der Waals surface area contributed by atoms with Crippen LogP contribution in [-0.4, -0.2) is 17.8 Å². The molecular weight excluding hydrogens is 302 g/mol. The number of nitrogens with zero attached hydrogens (tertiary/aromatic N) is 1.